The molecule has 0 atom stereocenters. The van der Waals surface area contributed by atoms with E-state index in [0.717, 1.165) is 0 Å². The summed E-state index contributed by atoms with van der Waals surface area (Å²) in [6, 6.07) is 19.3. The van der Waals surface area contributed by atoms with Gasteiger partial charge in [-0.15, -0.1) is 0 Å². The minimum absolute atomic E-state index is 0.0423. The van der Waals surface area contributed by atoms with E-state index in [0.29, 0.717) is 35.6 Å². The van der Waals surface area contributed by atoms with Gasteiger partial charge in [0.1, 0.15) is 5.60 Å². The van der Waals surface area contributed by atoms with Crippen LogP contribution in [0, 0.1) is 0 Å². The summed E-state index contributed by atoms with van der Waals surface area (Å²) in [5.74, 6) is -1.06. The van der Waals surface area contributed by atoms with Crippen LogP contribution in [0.25, 0.3) is 11.1 Å². The second-order valence-electron chi connectivity index (χ2n) is 8.96. The summed E-state index contributed by atoms with van der Waals surface area (Å²) in [7, 11) is -3.91. The summed E-state index contributed by atoms with van der Waals surface area (Å²) in [6.45, 7) is 6.08. The number of nitrogens with one attached hydrogen (secondary N) is 3. The number of carbonyl (C=O) groups excluding carboxylic acids is 1. The molecule has 190 valence electrons. The molecule has 0 saturated heterocycles. The Labute approximate surface area is 210 Å². The molecule has 0 unspecified atom stereocenters. The topological polar surface area (TPSA) is 134 Å². The molecule has 0 saturated carbocycles. The van der Waals surface area contributed by atoms with Crippen molar-refractivity contribution in [3.05, 3.63) is 78.4 Å². The lowest BCUT2D eigenvalue weighted by Gasteiger charge is -2.19. The number of carbonyl (C=O) groups is 2. The van der Waals surface area contributed by atoms with Crippen LogP contribution >= 0.6 is 0 Å². The first-order valence-electron chi connectivity index (χ1n) is 11.2. The minimum Gasteiger partial charge on any atom is -0.478 e. The normalized spacial score (nSPS) is 11.4. The van der Waals surface area contributed by atoms with E-state index < -0.39 is 27.7 Å². The number of carboxylic acid groups (broad SMARTS) is 1. The Hall–Kier alpha value is -4.05. The van der Waals surface area contributed by atoms with Crippen molar-refractivity contribution >= 4 is 33.5 Å². The molecule has 3 rings (SSSR count). The standard InChI is InChI=1S/C26H29N3O6S/c1-26(2,3)35-25(32)28-14-13-27-21-10-6-11-22(17-21)29-36(33,34)23-12-5-8-19(16-23)18-7-4-9-20(15-18)24(30)31/h4-12,15-17,27,29H,13-14H2,1-3H3,(H,28,32)(H,30,31). The van der Waals surface area contributed by atoms with Gasteiger partial charge >= 0.3 is 12.1 Å². The Balaban J connectivity index is 1.66. The average Bonchev–Trinajstić information content (AvgIpc) is 2.81. The Morgan fingerprint density at radius 1 is 0.861 bits per heavy atom. The minimum atomic E-state index is -3.91. The van der Waals surface area contributed by atoms with Gasteiger partial charge in [0.15, 0.2) is 0 Å². The van der Waals surface area contributed by atoms with Gasteiger partial charge in [-0.3, -0.25) is 4.72 Å². The van der Waals surface area contributed by atoms with E-state index in [1.807, 2.05) is 0 Å². The molecule has 0 heterocycles. The van der Waals surface area contributed by atoms with Gasteiger partial charge in [0.05, 0.1) is 16.1 Å². The molecule has 0 aromatic heterocycles. The zero-order valence-corrected chi connectivity index (χ0v) is 21.1. The number of benzene rings is 3. The number of alkyl carbamates (subject to hydrolysis) is 1. The summed E-state index contributed by atoms with van der Waals surface area (Å²) < 4.78 is 33.8. The fourth-order valence-electron chi connectivity index (χ4n) is 3.27. The van der Waals surface area contributed by atoms with E-state index in [1.165, 1.54) is 24.3 Å². The van der Waals surface area contributed by atoms with E-state index in [9.17, 15) is 23.1 Å². The van der Waals surface area contributed by atoms with Gasteiger partial charge in [-0.05, 0) is 74.4 Å². The van der Waals surface area contributed by atoms with Crippen LogP contribution in [0.2, 0.25) is 0 Å². The van der Waals surface area contributed by atoms with Gasteiger partial charge in [0, 0.05) is 18.8 Å². The predicted octanol–water partition coefficient (Wildman–Crippen LogP) is 4.79. The summed E-state index contributed by atoms with van der Waals surface area (Å²) in [5.41, 5.74) is 1.74. The maximum atomic E-state index is 13.0. The molecular weight excluding hydrogens is 482 g/mol. The number of amides is 1. The quantitative estimate of drug-likeness (QED) is 0.304. The molecule has 1 amide bonds. The Bertz CT molecular complexity index is 1350. The predicted molar refractivity (Wildman–Crippen MR) is 139 cm³/mol. The van der Waals surface area contributed by atoms with Crippen molar-refractivity contribution in [2.75, 3.05) is 23.1 Å². The van der Waals surface area contributed by atoms with Crippen molar-refractivity contribution in [1.29, 1.82) is 0 Å². The monoisotopic (exact) mass is 511 g/mol. The summed E-state index contributed by atoms with van der Waals surface area (Å²) in [4.78, 5) is 23.0. The highest BCUT2D eigenvalue weighted by Gasteiger charge is 2.17. The molecule has 0 spiro atoms. The Morgan fingerprint density at radius 2 is 1.50 bits per heavy atom. The van der Waals surface area contributed by atoms with Crippen LogP contribution in [-0.4, -0.2) is 44.3 Å². The number of hydrogen-bond donors (Lipinski definition) is 4. The summed E-state index contributed by atoms with van der Waals surface area (Å²) >= 11 is 0. The van der Waals surface area contributed by atoms with Crippen LogP contribution in [0.1, 0.15) is 31.1 Å². The largest absolute Gasteiger partial charge is 0.478 e. The van der Waals surface area contributed by atoms with Crippen molar-refractivity contribution in [3.8, 4) is 11.1 Å². The molecule has 4 N–H and O–H groups in total. The van der Waals surface area contributed by atoms with Gasteiger partial charge in [-0.1, -0.05) is 30.3 Å². The van der Waals surface area contributed by atoms with E-state index in [2.05, 4.69) is 15.4 Å². The first-order chi connectivity index (χ1) is 16.9. The van der Waals surface area contributed by atoms with Crippen LogP contribution in [0.5, 0.6) is 0 Å². The molecule has 9 nitrogen and oxygen atoms in total. The van der Waals surface area contributed by atoms with Gasteiger partial charge in [-0.2, -0.15) is 0 Å². The first kappa shape index (κ1) is 26.6. The number of rotatable bonds is 9. The van der Waals surface area contributed by atoms with E-state index in [4.69, 9.17) is 4.74 Å². The molecule has 0 aliphatic rings. The first-order valence-corrected chi connectivity index (χ1v) is 12.7. The average molecular weight is 512 g/mol. The van der Waals surface area contributed by atoms with Gasteiger partial charge < -0.3 is 20.5 Å². The number of anilines is 2. The maximum absolute atomic E-state index is 13.0. The lowest BCUT2D eigenvalue weighted by Crippen LogP contribution is -2.34. The Morgan fingerprint density at radius 3 is 2.19 bits per heavy atom. The Kier molecular flexibility index (Phi) is 8.21. The maximum Gasteiger partial charge on any atom is 0.407 e. The molecule has 3 aromatic carbocycles. The lowest BCUT2D eigenvalue weighted by atomic mass is 10.0. The zero-order valence-electron chi connectivity index (χ0n) is 20.2. The second kappa shape index (κ2) is 11.1. The van der Waals surface area contributed by atoms with E-state index in [-0.39, 0.29) is 10.5 Å². The molecule has 0 radical (unpaired) electrons. The third-order valence-corrected chi connectivity index (χ3v) is 6.20. The molecule has 0 aliphatic heterocycles. The summed E-state index contributed by atoms with van der Waals surface area (Å²) in [6.07, 6.45) is -0.511. The van der Waals surface area contributed by atoms with Crippen molar-refractivity contribution in [2.45, 2.75) is 31.3 Å². The van der Waals surface area contributed by atoms with Crippen LogP contribution in [0.4, 0.5) is 16.2 Å². The molecule has 10 heteroatoms. The SMILES string of the molecule is CC(C)(C)OC(=O)NCCNc1cccc(NS(=O)(=O)c2cccc(-c3cccc(C(=O)O)c3)c2)c1. The number of hydrogen-bond acceptors (Lipinski definition) is 6. The lowest BCUT2D eigenvalue weighted by molar-refractivity contribution is 0.0529. The number of carboxylic acids is 1. The molecule has 36 heavy (non-hydrogen) atoms. The van der Waals surface area contributed by atoms with Crippen LogP contribution < -0.4 is 15.4 Å². The van der Waals surface area contributed by atoms with E-state index >= 15 is 0 Å². The van der Waals surface area contributed by atoms with Crippen LogP contribution in [0.15, 0.2) is 77.7 Å². The van der Waals surface area contributed by atoms with Crippen molar-refractivity contribution < 1.29 is 27.9 Å². The molecule has 0 fully saturated rings. The highest BCUT2D eigenvalue weighted by Crippen LogP contribution is 2.25. The number of ether oxygens (including phenoxy) is 1. The number of aromatic carboxylic acids is 1. The van der Waals surface area contributed by atoms with Gasteiger partial charge in [0.2, 0.25) is 0 Å². The molecular formula is C26H29N3O6S. The third-order valence-electron chi connectivity index (χ3n) is 4.82. The fraction of sp³-hybridized carbons (Fsp3) is 0.231. The van der Waals surface area contributed by atoms with Gasteiger partial charge in [-0.25, -0.2) is 18.0 Å². The second-order valence-corrected chi connectivity index (χ2v) is 10.6. The highest BCUT2D eigenvalue weighted by molar-refractivity contribution is 7.92. The fourth-order valence-corrected chi connectivity index (χ4v) is 4.36. The molecule has 0 bridgehead atoms. The summed E-state index contributed by atoms with van der Waals surface area (Å²) in [5, 5.41) is 15.0. The van der Waals surface area contributed by atoms with Gasteiger partial charge in [0.25, 0.3) is 10.0 Å². The molecule has 0 aliphatic carbocycles. The van der Waals surface area contributed by atoms with Crippen LogP contribution in [0.3, 0.4) is 0 Å². The smallest absolute Gasteiger partial charge is 0.407 e. The van der Waals surface area contributed by atoms with E-state index in [1.54, 1.807) is 69.3 Å². The highest BCUT2D eigenvalue weighted by atomic mass is 32.2. The zero-order chi connectivity index (χ0) is 26.3. The third kappa shape index (κ3) is 7.74. The van der Waals surface area contributed by atoms with Crippen molar-refractivity contribution in [3.63, 3.8) is 0 Å². The van der Waals surface area contributed by atoms with Crippen LogP contribution in [-0.2, 0) is 14.8 Å². The molecule has 3 aromatic rings. The number of sulfonamides is 1. The van der Waals surface area contributed by atoms with Crippen molar-refractivity contribution in [1.82, 2.24) is 5.32 Å². The van der Waals surface area contributed by atoms with Crippen molar-refractivity contribution in [2.24, 2.45) is 0 Å².